The molecule has 1 aromatic carbocycles. The molecular weight excluding hydrogens is 236 g/mol. The number of rotatable bonds is 6. The number of ketones is 1. The van der Waals surface area contributed by atoms with Gasteiger partial charge in [-0.2, -0.15) is 0 Å². The Kier molecular flexibility index (Phi) is 4.71. The van der Waals surface area contributed by atoms with Crippen LogP contribution in [0.1, 0.15) is 23.7 Å². The molecule has 0 aliphatic rings. The summed E-state index contributed by atoms with van der Waals surface area (Å²) in [4.78, 5) is 22.6. The summed E-state index contributed by atoms with van der Waals surface area (Å²) >= 11 is 0. The van der Waals surface area contributed by atoms with Crippen LogP contribution in [-0.2, 0) is 4.79 Å². The number of Topliss-reactive ketones (excluding diaryl/α,β-unsaturated/α-hetero) is 1. The summed E-state index contributed by atoms with van der Waals surface area (Å²) in [7, 11) is 2.99. The Bertz CT molecular complexity index is 453. The van der Waals surface area contributed by atoms with Gasteiger partial charge in [0.2, 0.25) is 0 Å². The minimum atomic E-state index is -0.990. The lowest BCUT2D eigenvalue weighted by molar-refractivity contribution is -0.137. The summed E-state index contributed by atoms with van der Waals surface area (Å²) in [5.74, 6) is -0.805. The lowest BCUT2D eigenvalue weighted by Crippen LogP contribution is -2.15. The molecular formula is C13H16O5. The largest absolute Gasteiger partial charge is 0.493 e. The number of carboxylic acids is 1. The molecule has 0 saturated heterocycles. The fourth-order valence-electron chi connectivity index (χ4n) is 1.63. The Morgan fingerprint density at radius 2 is 1.83 bits per heavy atom. The van der Waals surface area contributed by atoms with Crippen molar-refractivity contribution in [3.8, 4) is 11.5 Å². The summed E-state index contributed by atoms with van der Waals surface area (Å²) in [5, 5.41) is 8.67. The summed E-state index contributed by atoms with van der Waals surface area (Å²) in [6.45, 7) is 1.59. The van der Waals surface area contributed by atoms with E-state index in [1.54, 1.807) is 25.1 Å². The molecule has 1 rings (SSSR count). The first-order valence-corrected chi connectivity index (χ1v) is 5.47. The highest BCUT2D eigenvalue weighted by Gasteiger charge is 2.19. The van der Waals surface area contributed by atoms with Gasteiger partial charge in [-0.15, -0.1) is 0 Å². The first-order valence-electron chi connectivity index (χ1n) is 5.47. The summed E-state index contributed by atoms with van der Waals surface area (Å²) in [6.07, 6.45) is -0.187. The Hall–Kier alpha value is -2.04. The van der Waals surface area contributed by atoms with E-state index in [4.69, 9.17) is 14.6 Å². The normalized spacial score (nSPS) is 11.7. The van der Waals surface area contributed by atoms with Crippen LogP contribution in [0.5, 0.6) is 11.5 Å². The van der Waals surface area contributed by atoms with Crippen LogP contribution in [-0.4, -0.2) is 31.1 Å². The Balaban J connectivity index is 2.96. The standard InChI is InChI=1S/C13H16O5/c1-8(6-12(14)15)13(16)9-4-5-10(17-2)11(7-9)18-3/h4-5,7-8H,6H2,1-3H3,(H,14,15). The number of aliphatic carboxylic acids is 1. The minimum Gasteiger partial charge on any atom is -0.493 e. The van der Waals surface area contributed by atoms with Gasteiger partial charge in [0.05, 0.1) is 20.6 Å². The quantitative estimate of drug-likeness (QED) is 0.784. The molecule has 0 aliphatic heterocycles. The number of benzene rings is 1. The lowest BCUT2D eigenvalue weighted by atomic mass is 9.96. The zero-order valence-electron chi connectivity index (χ0n) is 10.6. The summed E-state index contributed by atoms with van der Waals surface area (Å²) < 4.78 is 10.2. The molecule has 1 unspecified atom stereocenters. The average Bonchev–Trinajstić information content (AvgIpc) is 2.36. The molecule has 0 fully saturated rings. The second kappa shape index (κ2) is 6.05. The fourth-order valence-corrected chi connectivity index (χ4v) is 1.63. The van der Waals surface area contributed by atoms with E-state index in [0.717, 1.165) is 0 Å². The van der Waals surface area contributed by atoms with Crippen molar-refractivity contribution in [2.45, 2.75) is 13.3 Å². The smallest absolute Gasteiger partial charge is 0.304 e. The molecule has 5 nitrogen and oxygen atoms in total. The van der Waals surface area contributed by atoms with E-state index >= 15 is 0 Å². The van der Waals surface area contributed by atoms with Crippen molar-refractivity contribution in [3.05, 3.63) is 23.8 Å². The molecule has 0 heterocycles. The highest BCUT2D eigenvalue weighted by Crippen LogP contribution is 2.28. The average molecular weight is 252 g/mol. The molecule has 0 radical (unpaired) electrons. The van der Waals surface area contributed by atoms with E-state index in [-0.39, 0.29) is 12.2 Å². The van der Waals surface area contributed by atoms with Crippen LogP contribution in [0.25, 0.3) is 0 Å². The second-order valence-corrected chi connectivity index (χ2v) is 3.93. The van der Waals surface area contributed by atoms with Crippen molar-refractivity contribution in [2.75, 3.05) is 14.2 Å². The molecule has 5 heteroatoms. The Labute approximate surface area is 105 Å². The van der Waals surface area contributed by atoms with Gasteiger partial charge in [0.1, 0.15) is 0 Å². The molecule has 0 amide bonds. The van der Waals surface area contributed by atoms with Gasteiger partial charge >= 0.3 is 5.97 Å². The predicted molar refractivity (Wildman–Crippen MR) is 65.3 cm³/mol. The van der Waals surface area contributed by atoms with Crippen molar-refractivity contribution in [2.24, 2.45) is 5.92 Å². The van der Waals surface area contributed by atoms with Crippen LogP contribution in [0.2, 0.25) is 0 Å². The van der Waals surface area contributed by atoms with Crippen LogP contribution in [0.3, 0.4) is 0 Å². The van der Waals surface area contributed by atoms with Gasteiger partial charge in [-0.25, -0.2) is 0 Å². The van der Waals surface area contributed by atoms with Gasteiger partial charge in [0.25, 0.3) is 0 Å². The third-order valence-electron chi connectivity index (χ3n) is 2.60. The van der Waals surface area contributed by atoms with Gasteiger partial charge in [0.15, 0.2) is 17.3 Å². The monoisotopic (exact) mass is 252 g/mol. The highest BCUT2D eigenvalue weighted by molar-refractivity contribution is 5.99. The predicted octanol–water partition coefficient (Wildman–Crippen LogP) is 2.00. The maximum atomic E-state index is 12.0. The van der Waals surface area contributed by atoms with E-state index in [2.05, 4.69) is 0 Å². The fraction of sp³-hybridized carbons (Fsp3) is 0.385. The Morgan fingerprint density at radius 1 is 1.22 bits per heavy atom. The van der Waals surface area contributed by atoms with E-state index in [1.807, 2.05) is 0 Å². The van der Waals surface area contributed by atoms with Gasteiger partial charge in [0, 0.05) is 11.5 Å². The molecule has 0 aromatic heterocycles. The van der Waals surface area contributed by atoms with Crippen LogP contribution < -0.4 is 9.47 Å². The second-order valence-electron chi connectivity index (χ2n) is 3.93. The maximum Gasteiger partial charge on any atom is 0.304 e. The summed E-state index contributed by atoms with van der Waals surface area (Å²) in [6, 6.07) is 4.78. The maximum absolute atomic E-state index is 12.0. The number of ether oxygens (including phenoxy) is 2. The number of hydrogen-bond donors (Lipinski definition) is 1. The third-order valence-corrected chi connectivity index (χ3v) is 2.60. The molecule has 0 bridgehead atoms. The molecule has 0 aliphatic carbocycles. The van der Waals surface area contributed by atoms with E-state index in [1.165, 1.54) is 14.2 Å². The number of carbonyl (C=O) groups is 2. The zero-order chi connectivity index (χ0) is 13.7. The first-order chi connectivity index (χ1) is 8.49. The third kappa shape index (κ3) is 3.23. The zero-order valence-corrected chi connectivity index (χ0v) is 10.6. The van der Waals surface area contributed by atoms with Crippen molar-refractivity contribution >= 4 is 11.8 Å². The van der Waals surface area contributed by atoms with Crippen LogP contribution in [0.15, 0.2) is 18.2 Å². The van der Waals surface area contributed by atoms with Crippen molar-refractivity contribution in [3.63, 3.8) is 0 Å². The van der Waals surface area contributed by atoms with Gasteiger partial charge < -0.3 is 14.6 Å². The molecule has 0 spiro atoms. The van der Waals surface area contributed by atoms with Gasteiger partial charge in [-0.1, -0.05) is 6.92 Å². The molecule has 1 atom stereocenters. The number of carbonyl (C=O) groups excluding carboxylic acids is 1. The summed E-state index contributed by atoms with van der Waals surface area (Å²) in [5.41, 5.74) is 0.418. The van der Waals surface area contributed by atoms with Crippen molar-refractivity contribution in [1.82, 2.24) is 0 Å². The lowest BCUT2D eigenvalue weighted by Gasteiger charge is -2.11. The van der Waals surface area contributed by atoms with Crippen molar-refractivity contribution < 1.29 is 24.2 Å². The highest BCUT2D eigenvalue weighted by atomic mass is 16.5. The topological polar surface area (TPSA) is 72.8 Å². The van der Waals surface area contributed by atoms with Crippen molar-refractivity contribution in [1.29, 1.82) is 0 Å². The Morgan fingerprint density at radius 3 is 2.33 bits per heavy atom. The molecule has 98 valence electrons. The van der Waals surface area contributed by atoms with E-state index < -0.39 is 11.9 Å². The number of hydrogen-bond acceptors (Lipinski definition) is 4. The molecule has 1 aromatic rings. The van der Waals surface area contributed by atoms with Gasteiger partial charge in [-0.3, -0.25) is 9.59 Å². The SMILES string of the molecule is COc1ccc(C(=O)C(C)CC(=O)O)cc1OC. The molecule has 18 heavy (non-hydrogen) atoms. The number of carboxylic acid groups (broad SMARTS) is 1. The molecule has 1 N–H and O–H groups in total. The van der Waals surface area contributed by atoms with Crippen LogP contribution >= 0.6 is 0 Å². The van der Waals surface area contributed by atoms with Gasteiger partial charge in [-0.05, 0) is 18.2 Å². The van der Waals surface area contributed by atoms with Crippen LogP contribution in [0.4, 0.5) is 0 Å². The number of methoxy groups -OCH3 is 2. The molecule has 0 saturated carbocycles. The van der Waals surface area contributed by atoms with Crippen LogP contribution in [0, 0.1) is 5.92 Å². The van der Waals surface area contributed by atoms with E-state index in [9.17, 15) is 9.59 Å². The minimum absolute atomic E-state index is 0.187. The first kappa shape index (κ1) is 14.0. The van der Waals surface area contributed by atoms with E-state index in [0.29, 0.717) is 17.1 Å².